The molecule has 10 heteroatoms. The highest BCUT2D eigenvalue weighted by molar-refractivity contribution is 7.92. The lowest BCUT2D eigenvalue weighted by molar-refractivity contribution is -0.139. The maximum absolute atomic E-state index is 13.2. The fraction of sp³-hybridized carbons (Fsp3) is 0.136. The highest BCUT2D eigenvalue weighted by Crippen LogP contribution is 2.25. The number of rotatable bonds is 7. The molecule has 0 radical (unpaired) electrons. The topological polar surface area (TPSA) is 168 Å². The average Bonchev–Trinajstić information content (AvgIpc) is 2.78. The van der Waals surface area contributed by atoms with E-state index >= 15 is 0 Å². The molecule has 0 saturated heterocycles. The summed E-state index contributed by atoms with van der Waals surface area (Å²) in [6, 6.07) is 15.7. The summed E-state index contributed by atoms with van der Waals surface area (Å²) in [4.78, 5) is 25.5. The van der Waals surface area contributed by atoms with Crippen LogP contribution in [0.4, 0.5) is 5.69 Å². The van der Waals surface area contributed by atoms with Crippen molar-refractivity contribution in [1.82, 2.24) is 0 Å². The molecule has 1 unspecified atom stereocenters. The third kappa shape index (κ3) is 4.32. The summed E-state index contributed by atoms with van der Waals surface area (Å²) in [5, 5.41) is 16.4. The van der Waals surface area contributed by atoms with Gasteiger partial charge < -0.3 is 16.6 Å². The number of nitrogen functional groups attached to an aromatic ring is 1. The molecule has 0 heterocycles. The fourth-order valence-corrected chi connectivity index (χ4v) is 4.44. The minimum absolute atomic E-state index is 0.110. The predicted octanol–water partition coefficient (Wildman–Crippen LogP) is 1.69. The zero-order chi connectivity index (χ0) is 23.6. The molecule has 0 aliphatic rings. The second-order valence-electron chi connectivity index (χ2n) is 7.16. The Morgan fingerprint density at radius 3 is 2.16 bits per heavy atom. The molecule has 0 aromatic heterocycles. The van der Waals surface area contributed by atoms with E-state index in [9.17, 15) is 23.1 Å². The van der Waals surface area contributed by atoms with E-state index in [0.717, 1.165) is 10.3 Å². The minimum atomic E-state index is -4.32. The van der Waals surface area contributed by atoms with Crippen molar-refractivity contribution >= 4 is 44.0 Å². The van der Waals surface area contributed by atoms with E-state index in [4.69, 9.17) is 16.9 Å². The van der Waals surface area contributed by atoms with Gasteiger partial charge in [-0.2, -0.15) is 0 Å². The van der Waals surface area contributed by atoms with Crippen molar-refractivity contribution in [2.75, 3.05) is 4.90 Å². The van der Waals surface area contributed by atoms with Gasteiger partial charge in [0.2, 0.25) is 9.84 Å². The van der Waals surface area contributed by atoms with Crippen molar-refractivity contribution in [1.29, 1.82) is 5.41 Å². The molecule has 3 rings (SSSR count). The summed E-state index contributed by atoms with van der Waals surface area (Å²) >= 11 is 0. The number of carbonyl (C=O) groups is 2. The molecule has 3 aromatic rings. The number of anilines is 1. The number of hydrogen-bond acceptors (Lipinski definition) is 6. The molecule has 3 aromatic carbocycles. The molecule has 0 bridgehead atoms. The van der Waals surface area contributed by atoms with Crippen LogP contribution in [0.15, 0.2) is 71.6 Å². The molecule has 166 valence electrons. The number of amidine groups is 1. The second-order valence-corrected chi connectivity index (χ2v) is 9.23. The monoisotopic (exact) mass is 454 g/mol. The van der Waals surface area contributed by atoms with E-state index in [0.29, 0.717) is 10.9 Å². The molecule has 0 saturated carbocycles. The number of amides is 1. The molecule has 0 aliphatic heterocycles. The molecule has 9 nitrogen and oxygen atoms in total. The number of benzene rings is 3. The van der Waals surface area contributed by atoms with Crippen LogP contribution in [0.25, 0.3) is 10.8 Å². The first-order valence-electron chi connectivity index (χ1n) is 9.52. The molecule has 1 amide bonds. The molecule has 0 aliphatic carbocycles. The van der Waals surface area contributed by atoms with E-state index in [1.54, 1.807) is 18.2 Å². The van der Waals surface area contributed by atoms with E-state index in [-0.39, 0.29) is 16.4 Å². The smallest absolute Gasteiger partial charge is 0.326 e. The van der Waals surface area contributed by atoms with Crippen molar-refractivity contribution in [3.05, 3.63) is 72.3 Å². The fourth-order valence-electron chi connectivity index (χ4n) is 3.21. The van der Waals surface area contributed by atoms with Crippen LogP contribution < -0.4 is 16.4 Å². The van der Waals surface area contributed by atoms with Crippen molar-refractivity contribution < 1.29 is 23.1 Å². The van der Waals surface area contributed by atoms with Crippen LogP contribution in [0, 0.1) is 5.41 Å². The maximum atomic E-state index is 13.2. The first kappa shape index (κ1) is 22.9. The molecule has 32 heavy (non-hydrogen) atoms. The Balaban J connectivity index is 2.01. The summed E-state index contributed by atoms with van der Waals surface area (Å²) in [7, 11) is -4.32. The van der Waals surface area contributed by atoms with Crippen LogP contribution >= 0.6 is 0 Å². The Hall–Kier alpha value is -3.76. The lowest BCUT2D eigenvalue weighted by Gasteiger charge is -2.29. The Morgan fingerprint density at radius 1 is 1.00 bits per heavy atom. The third-order valence-electron chi connectivity index (χ3n) is 5.07. The lowest BCUT2D eigenvalue weighted by Crippen LogP contribution is -2.53. The van der Waals surface area contributed by atoms with Crippen LogP contribution in [-0.4, -0.2) is 42.7 Å². The van der Waals surface area contributed by atoms with Crippen LogP contribution in [0.1, 0.15) is 12.5 Å². The van der Waals surface area contributed by atoms with Gasteiger partial charge in [-0.3, -0.25) is 15.1 Å². The van der Waals surface area contributed by atoms with Crippen LogP contribution in [-0.2, 0) is 19.4 Å². The van der Waals surface area contributed by atoms with Gasteiger partial charge >= 0.3 is 5.97 Å². The van der Waals surface area contributed by atoms with E-state index < -0.39 is 33.1 Å². The number of fused-ring (bicyclic) bond motifs is 1. The first-order chi connectivity index (χ1) is 15.0. The summed E-state index contributed by atoms with van der Waals surface area (Å²) in [6.07, 6.45) is 0. The van der Waals surface area contributed by atoms with E-state index in [2.05, 4.69) is 0 Å². The zero-order valence-electron chi connectivity index (χ0n) is 17.1. The Morgan fingerprint density at radius 2 is 1.59 bits per heavy atom. The van der Waals surface area contributed by atoms with Crippen LogP contribution in [0.5, 0.6) is 0 Å². The van der Waals surface area contributed by atoms with Crippen molar-refractivity contribution in [2.45, 2.75) is 23.2 Å². The predicted molar refractivity (Wildman–Crippen MR) is 121 cm³/mol. The van der Waals surface area contributed by atoms with E-state index in [1.165, 1.54) is 43.3 Å². The van der Waals surface area contributed by atoms with Gasteiger partial charge in [0, 0.05) is 11.3 Å². The molecule has 2 atom stereocenters. The number of nitrogens with zero attached hydrogens (tertiary/aromatic N) is 1. The van der Waals surface area contributed by atoms with Gasteiger partial charge in [0.05, 0.1) is 4.90 Å². The first-order valence-corrected chi connectivity index (χ1v) is 11.1. The second kappa shape index (κ2) is 8.77. The normalized spacial score (nSPS) is 13.3. The van der Waals surface area contributed by atoms with Gasteiger partial charge in [-0.1, -0.05) is 30.3 Å². The lowest BCUT2D eigenvalue weighted by atomic mass is 10.1. The number of nitrogens with one attached hydrogen (secondary N) is 1. The largest absolute Gasteiger partial charge is 0.480 e. The quantitative estimate of drug-likeness (QED) is 0.311. The summed E-state index contributed by atoms with van der Waals surface area (Å²) in [5.41, 5.74) is 11.8. The molecule has 6 N–H and O–H groups in total. The van der Waals surface area contributed by atoms with Gasteiger partial charge in [-0.25, -0.2) is 13.2 Å². The molecular formula is C22H22N4O5S. The van der Waals surface area contributed by atoms with Crippen LogP contribution in [0.3, 0.4) is 0 Å². The summed E-state index contributed by atoms with van der Waals surface area (Å²) in [5.74, 6) is -2.65. The zero-order valence-corrected chi connectivity index (χ0v) is 17.9. The SMILES string of the molecule is C[C@@H](C(=O)O)N(C(=O)C(N)S(=O)(=O)c1ccc2ccccc2c1)c1ccc(C(=N)N)cc1. The number of hydrogen-bond donors (Lipinski definition) is 4. The maximum Gasteiger partial charge on any atom is 0.326 e. The van der Waals surface area contributed by atoms with Gasteiger partial charge in [0.25, 0.3) is 5.91 Å². The Bertz CT molecular complexity index is 1310. The number of carboxylic acid groups (broad SMARTS) is 1. The molecular weight excluding hydrogens is 432 g/mol. The number of carbonyl (C=O) groups excluding carboxylic acids is 1. The number of aliphatic carboxylic acids is 1. The standard InChI is InChI=1S/C22H22N4O5S/c1-13(22(28)29)26(17-9-6-15(7-10-17)19(23)24)21(27)20(25)32(30,31)18-11-8-14-4-2-3-5-16(14)12-18/h2-13,20H,25H2,1H3,(H3,23,24)(H,28,29)/t13-,20?/m0/s1. The van der Waals surface area contributed by atoms with Gasteiger partial charge in [0.15, 0.2) is 5.37 Å². The highest BCUT2D eigenvalue weighted by Gasteiger charge is 2.38. The highest BCUT2D eigenvalue weighted by atomic mass is 32.2. The summed E-state index contributed by atoms with van der Waals surface area (Å²) in [6.45, 7) is 1.24. The number of nitrogens with two attached hydrogens (primary N) is 2. The minimum Gasteiger partial charge on any atom is -0.480 e. The van der Waals surface area contributed by atoms with Gasteiger partial charge in [-0.05, 0) is 54.1 Å². The number of sulfone groups is 1. The van der Waals surface area contributed by atoms with Crippen molar-refractivity contribution in [3.8, 4) is 0 Å². The molecule has 0 spiro atoms. The third-order valence-corrected chi connectivity index (χ3v) is 6.85. The van der Waals surface area contributed by atoms with E-state index in [1.807, 2.05) is 12.1 Å². The summed E-state index contributed by atoms with van der Waals surface area (Å²) < 4.78 is 26.2. The van der Waals surface area contributed by atoms with Crippen molar-refractivity contribution in [3.63, 3.8) is 0 Å². The average molecular weight is 455 g/mol. The van der Waals surface area contributed by atoms with Crippen molar-refractivity contribution in [2.24, 2.45) is 11.5 Å². The Kier molecular flexibility index (Phi) is 6.28. The number of carboxylic acids is 1. The Labute approximate surface area is 184 Å². The molecule has 0 fully saturated rings. The van der Waals surface area contributed by atoms with Gasteiger partial charge in [-0.15, -0.1) is 0 Å². The van der Waals surface area contributed by atoms with Crippen LogP contribution in [0.2, 0.25) is 0 Å². The van der Waals surface area contributed by atoms with Gasteiger partial charge in [0.1, 0.15) is 11.9 Å².